The molecule has 0 spiro atoms. The van der Waals surface area contributed by atoms with Crippen molar-refractivity contribution in [2.75, 3.05) is 74.1 Å². The Balaban J connectivity index is 1.56. The topological polar surface area (TPSA) is 51.6 Å². The van der Waals surface area contributed by atoms with E-state index in [1.54, 1.807) is 0 Å². The van der Waals surface area contributed by atoms with E-state index in [-0.39, 0.29) is 0 Å². The monoisotopic (exact) mass is 417 g/mol. The van der Waals surface area contributed by atoms with E-state index < -0.39 is 0 Å². The van der Waals surface area contributed by atoms with Crippen LogP contribution in [0.5, 0.6) is 0 Å². The van der Waals surface area contributed by atoms with Gasteiger partial charge in [0.15, 0.2) is 0 Å². The zero-order chi connectivity index (χ0) is 21.3. The highest BCUT2D eigenvalue weighted by molar-refractivity contribution is 5.43. The molecule has 3 aromatic heterocycles. The van der Waals surface area contributed by atoms with E-state index in [0.717, 1.165) is 69.8 Å². The Morgan fingerprint density at radius 3 is 1.10 bits per heavy atom. The Morgan fingerprint density at radius 2 is 0.806 bits per heavy atom. The van der Waals surface area contributed by atoms with Gasteiger partial charge in [-0.2, -0.15) is 0 Å². The summed E-state index contributed by atoms with van der Waals surface area (Å²) in [5.74, 6) is 3.08. The second kappa shape index (κ2) is 10.7. The number of likely N-dealkylation sites (N-methyl/N-ethyl adjacent to an activating group) is 1. The fourth-order valence-corrected chi connectivity index (χ4v) is 3.82. The van der Waals surface area contributed by atoms with Gasteiger partial charge in [-0.1, -0.05) is 18.2 Å². The maximum atomic E-state index is 4.63. The average Bonchev–Trinajstić information content (AvgIpc) is 2.83. The molecule has 1 aliphatic rings. The van der Waals surface area contributed by atoms with Crippen molar-refractivity contribution in [1.82, 2.24) is 19.9 Å². The van der Waals surface area contributed by atoms with Crippen molar-refractivity contribution in [3.63, 3.8) is 0 Å². The van der Waals surface area contributed by atoms with Gasteiger partial charge in [-0.15, -0.1) is 0 Å². The highest BCUT2D eigenvalue weighted by Crippen LogP contribution is 2.15. The van der Waals surface area contributed by atoms with Crippen LogP contribution in [0.1, 0.15) is 0 Å². The number of rotatable bonds is 3. The van der Waals surface area contributed by atoms with Crippen LogP contribution in [0.25, 0.3) is 0 Å². The molecule has 162 valence electrons. The van der Waals surface area contributed by atoms with Gasteiger partial charge in [0, 0.05) is 70.9 Å². The summed E-state index contributed by atoms with van der Waals surface area (Å²) >= 11 is 0. The van der Waals surface area contributed by atoms with Crippen molar-refractivity contribution in [3.8, 4) is 0 Å². The van der Waals surface area contributed by atoms with Gasteiger partial charge in [0.05, 0.1) is 0 Å². The molecule has 4 heterocycles. The van der Waals surface area contributed by atoms with Gasteiger partial charge in [0.1, 0.15) is 17.5 Å². The molecule has 0 bridgehead atoms. The van der Waals surface area contributed by atoms with Crippen LogP contribution < -0.4 is 14.7 Å². The Kier molecular flexibility index (Phi) is 7.28. The molecular weight excluding hydrogens is 386 g/mol. The number of hydrogen-bond acceptors (Lipinski definition) is 7. The molecule has 7 nitrogen and oxygen atoms in total. The summed E-state index contributed by atoms with van der Waals surface area (Å²) in [6, 6.07) is 18.4. The molecule has 0 atom stereocenters. The predicted octanol–water partition coefficient (Wildman–Crippen LogP) is 2.64. The Bertz CT molecular complexity index is 836. The van der Waals surface area contributed by atoms with E-state index in [1.807, 2.05) is 36.8 Å². The van der Waals surface area contributed by atoms with E-state index in [1.165, 1.54) is 0 Å². The summed E-state index contributed by atoms with van der Waals surface area (Å²) in [7, 11) is 2.19. The van der Waals surface area contributed by atoms with Gasteiger partial charge in [0.2, 0.25) is 0 Å². The Hall–Kier alpha value is -3.19. The standard InChI is InChI=1S/C24H31N7/c1-28-14-16-29(22-8-2-5-11-25-22)18-20-31(24-10-4-7-13-27-24)21-19-30(17-15-28)23-9-3-6-12-26-23/h2-13H,14-21H2,1H3. The molecule has 1 fully saturated rings. The molecule has 0 unspecified atom stereocenters. The van der Waals surface area contributed by atoms with Crippen molar-refractivity contribution < 1.29 is 0 Å². The molecule has 1 saturated heterocycles. The molecule has 7 heteroatoms. The predicted molar refractivity (Wildman–Crippen MR) is 127 cm³/mol. The number of nitrogens with zero attached hydrogens (tertiary/aromatic N) is 7. The lowest BCUT2D eigenvalue weighted by molar-refractivity contribution is 0.343. The van der Waals surface area contributed by atoms with Crippen LogP contribution in [0, 0.1) is 0 Å². The van der Waals surface area contributed by atoms with Gasteiger partial charge in [-0.3, -0.25) is 0 Å². The number of pyridine rings is 3. The first-order valence-corrected chi connectivity index (χ1v) is 11.0. The quantitative estimate of drug-likeness (QED) is 0.649. The molecule has 1 aliphatic heterocycles. The first-order chi connectivity index (χ1) is 15.3. The summed E-state index contributed by atoms with van der Waals surface area (Å²) in [4.78, 5) is 23.4. The van der Waals surface area contributed by atoms with Crippen LogP contribution in [-0.2, 0) is 0 Å². The lowest BCUT2D eigenvalue weighted by Crippen LogP contribution is -2.46. The number of aromatic nitrogens is 3. The first kappa shape index (κ1) is 21.1. The maximum Gasteiger partial charge on any atom is 0.128 e. The lowest BCUT2D eigenvalue weighted by Gasteiger charge is -2.34. The minimum absolute atomic E-state index is 0.882. The molecule has 4 rings (SSSR count). The zero-order valence-electron chi connectivity index (χ0n) is 18.2. The first-order valence-electron chi connectivity index (χ1n) is 11.0. The highest BCUT2D eigenvalue weighted by atomic mass is 15.3. The molecule has 0 aromatic carbocycles. The summed E-state index contributed by atoms with van der Waals surface area (Å²) in [6.45, 7) is 7.39. The van der Waals surface area contributed by atoms with Gasteiger partial charge in [-0.25, -0.2) is 15.0 Å². The molecule has 31 heavy (non-hydrogen) atoms. The minimum Gasteiger partial charge on any atom is -0.354 e. The van der Waals surface area contributed by atoms with Crippen molar-refractivity contribution in [1.29, 1.82) is 0 Å². The van der Waals surface area contributed by atoms with Crippen LogP contribution in [0.15, 0.2) is 73.2 Å². The summed E-state index contributed by atoms with van der Waals surface area (Å²) < 4.78 is 0. The fourth-order valence-electron chi connectivity index (χ4n) is 3.82. The van der Waals surface area contributed by atoms with Gasteiger partial charge >= 0.3 is 0 Å². The molecule has 0 radical (unpaired) electrons. The summed E-state index contributed by atoms with van der Waals surface area (Å²) in [5, 5.41) is 0. The fraction of sp³-hybridized carbons (Fsp3) is 0.375. The summed E-state index contributed by atoms with van der Waals surface area (Å²) in [6.07, 6.45) is 5.61. The summed E-state index contributed by atoms with van der Waals surface area (Å²) in [5.41, 5.74) is 0. The third-order valence-electron chi connectivity index (χ3n) is 5.70. The molecule has 0 saturated carbocycles. The average molecular weight is 418 g/mol. The van der Waals surface area contributed by atoms with Gasteiger partial charge in [-0.05, 0) is 43.4 Å². The van der Waals surface area contributed by atoms with Gasteiger partial charge in [0.25, 0.3) is 0 Å². The normalized spacial score (nSPS) is 17.1. The molecule has 0 N–H and O–H groups in total. The van der Waals surface area contributed by atoms with Crippen LogP contribution in [0.4, 0.5) is 17.5 Å². The maximum absolute atomic E-state index is 4.63. The van der Waals surface area contributed by atoms with E-state index >= 15 is 0 Å². The van der Waals surface area contributed by atoms with E-state index in [2.05, 4.69) is 78.0 Å². The second-order valence-electron chi connectivity index (χ2n) is 7.83. The second-order valence-corrected chi connectivity index (χ2v) is 7.83. The van der Waals surface area contributed by atoms with E-state index in [9.17, 15) is 0 Å². The van der Waals surface area contributed by atoms with Crippen molar-refractivity contribution >= 4 is 17.5 Å². The largest absolute Gasteiger partial charge is 0.354 e. The SMILES string of the molecule is CN1CCN(c2ccccn2)CCN(c2ccccn2)CCN(c2ccccn2)CC1. The minimum atomic E-state index is 0.882. The molecule has 0 aliphatic carbocycles. The van der Waals surface area contributed by atoms with Crippen LogP contribution >= 0.6 is 0 Å². The van der Waals surface area contributed by atoms with Crippen LogP contribution in [-0.4, -0.2) is 79.3 Å². The molecule has 3 aromatic rings. The molecular formula is C24H31N7. The lowest BCUT2D eigenvalue weighted by atomic mass is 10.3. The van der Waals surface area contributed by atoms with Crippen molar-refractivity contribution in [2.45, 2.75) is 0 Å². The van der Waals surface area contributed by atoms with Crippen LogP contribution in [0.2, 0.25) is 0 Å². The van der Waals surface area contributed by atoms with Crippen LogP contribution in [0.3, 0.4) is 0 Å². The van der Waals surface area contributed by atoms with E-state index in [4.69, 9.17) is 0 Å². The Morgan fingerprint density at radius 1 is 0.484 bits per heavy atom. The van der Waals surface area contributed by atoms with E-state index in [0.29, 0.717) is 0 Å². The number of hydrogen-bond donors (Lipinski definition) is 0. The highest BCUT2D eigenvalue weighted by Gasteiger charge is 2.17. The Labute approximate surface area is 185 Å². The third-order valence-corrected chi connectivity index (χ3v) is 5.70. The third kappa shape index (κ3) is 5.92. The zero-order valence-corrected chi connectivity index (χ0v) is 18.2. The van der Waals surface area contributed by atoms with Gasteiger partial charge < -0.3 is 19.6 Å². The smallest absolute Gasteiger partial charge is 0.128 e. The van der Waals surface area contributed by atoms with Crippen molar-refractivity contribution in [3.05, 3.63) is 73.2 Å². The van der Waals surface area contributed by atoms with Crippen molar-refractivity contribution in [2.24, 2.45) is 0 Å². The number of anilines is 3. The molecule has 0 amide bonds.